The van der Waals surface area contributed by atoms with Crippen molar-refractivity contribution < 1.29 is 14.5 Å². The molecule has 2 aromatic rings. The van der Waals surface area contributed by atoms with Crippen molar-refractivity contribution in [2.24, 2.45) is 5.73 Å². The summed E-state index contributed by atoms with van der Waals surface area (Å²) in [6.07, 6.45) is 1.28. The van der Waals surface area contributed by atoms with E-state index >= 15 is 0 Å². The first-order chi connectivity index (χ1) is 14.8. The van der Waals surface area contributed by atoms with Gasteiger partial charge in [-0.3, -0.25) is 10.7 Å². The number of nitrogens with zero attached hydrogens (tertiary/aromatic N) is 1. The summed E-state index contributed by atoms with van der Waals surface area (Å²) in [5, 5.41) is 0. The average molecular weight is 423 g/mol. The molecule has 1 amide bonds. The molecule has 1 heterocycles. The van der Waals surface area contributed by atoms with Crippen molar-refractivity contribution in [2.45, 2.75) is 57.9 Å². The molecule has 1 aliphatic heterocycles. The highest BCUT2D eigenvalue weighted by atomic mass is 16.6. The summed E-state index contributed by atoms with van der Waals surface area (Å²) in [4.78, 5) is 17.5. The van der Waals surface area contributed by atoms with Crippen molar-refractivity contribution in [3.63, 3.8) is 0 Å². The fraction of sp³-hybridized carbons (Fsp3) is 0.462. The van der Waals surface area contributed by atoms with Gasteiger partial charge in [0, 0.05) is 13.1 Å². The standard InChI is InChI=1S/C26H35N3O2/c1-5-31-24(30)29-17-15-26(16-18-29,22-9-7-6-8-10-22)23(27)28-19-20-11-13-21(14-12-20)25(2,3)4/h6-14H,5,15-19H2,1-4H3,(H2,27,28)/p+1. The number of ether oxygens (including phenoxy) is 1. The van der Waals surface area contributed by atoms with E-state index in [4.69, 9.17) is 10.5 Å². The van der Waals surface area contributed by atoms with Gasteiger partial charge in [-0.2, -0.15) is 0 Å². The molecule has 0 aromatic heterocycles. The highest BCUT2D eigenvalue weighted by Crippen LogP contribution is 2.35. The van der Waals surface area contributed by atoms with Gasteiger partial charge in [-0.25, -0.2) is 4.79 Å². The molecular weight excluding hydrogens is 386 g/mol. The molecule has 1 fully saturated rings. The Morgan fingerprint density at radius 3 is 2.23 bits per heavy atom. The average Bonchev–Trinajstić information content (AvgIpc) is 2.78. The van der Waals surface area contributed by atoms with Crippen molar-refractivity contribution in [3.05, 3.63) is 71.3 Å². The minimum absolute atomic E-state index is 0.140. The number of piperidine rings is 1. The number of nitrogens with one attached hydrogen (secondary N) is 1. The zero-order chi connectivity index (χ0) is 22.5. The zero-order valence-electron chi connectivity index (χ0n) is 19.3. The Bertz CT molecular complexity index is 890. The number of benzene rings is 2. The molecule has 1 saturated heterocycles. The van der Waals surface area contributed by atoms with Gasteiger partial charge < -0.3 is 9.64 Å². The third-order valence-corrected chi connectivity index (χ3v) is 6.29. The van der Waals surface area contributed by atoms with Crippen LogP contribution in [0.25, 0.3) is 0 Å². The molecule has 3 N–H and O–H groups in total. The number of likely N-dealkylation sites (tertiary alicyclic amines) is 1. The zero-order valence-corrected chi connectivity index (χ0v) is 19.3. The number of rotatable bonds is 5. The van der Waals surface area contributed by atoms with E-state index in [2.05, 4.69) is 62.2 Å². The molecule has 166 valence electrons. The number of hydrogen-bond donors (Lipinski definition) is 2. The van der Waals surface area contributed by atoms with Crippen LogP contribution in [-0.2, 0) is 22.1 Å². The van der Waals surface area contributed by atoms with E-state index in [1.807, 2.05) is 25.1 Å². The Balaban J connectivity index is 1.81. The summed E-state index contributed by atoms with van der Waals surface area (Å²) in [5.74, 6) is 0.766. The van der Waals surface area contributed by atoms with Crippen LogP contribution in [-0.4, -0.2) is 36.5 Å². The summed E-state index contributed by atoms with van der Waals surface area (Å²) in [7, 11) is 0. The second-order valence-corrected chi connectivity index (χ2v) is 9.35. The predicted octanol–water partition coefficient (Wildman–Crippen LogP) is 3.11. The molecule has 0 bridgehead atoms. The summed E-state index contributed by atoms with van der Waals surface area (Å²) in [5.41, 5.74) is 10.2. The molecule has 31 heavy (non-hydrogen) atoms. The molecule has 0 aliphatic carbocycles. The van der Waals surface area contributed by atoms with E-state index in [1.165, 1.54) is 16.7 Å². The normalized spacial score (nSPS) is 16.8. The number of carbonyl (C=O) groups excluding carboxylic acids is 1. The largest absolute Gasteiger partial charge is 0.450 e. The first-order valence-corrected chi connectivity index (χ1v) is 11.2. The van der Waals surface area contributed by atoms with Gasteiger partial charge in [0.05, 0.1) is 12.0 Å². The molecule has 3 rings (SSSR count). The molecule has 0 unspecified atom stereocenters. The Morgan fingerprint density at radius 2 is 1.68 bits per heavy atom. The lowest BCUT2D eigenvalue weighted by Gasteiger charge is -2.39. The van der Waals surface area contributed by atoms with Gasteiger partial charge in [0.2, 0.25) is 0 Å². The van der Waals surface area contributed by atoms with E-state index in [9.17, 15) is 4.79 Å². The number of amidine groups is 1. The van der Waals surface area contributed by atoms with Crippen LogP contribution >= 0.6 is 0 Å². The van der Waals surface area contributed by atoms with Gasteiger partial charge in [-0.1, -0.05) is 75.4 Å². The molecule has 5 nitrogen and oxygen atoms in total. The van der Waals surface area contributed by atoms with Crippen LogP contribution in [0.5, 0.6) is 0 Å². The second kappa shape index (κ2) is 9.54. The Morgan fingerprint density at radius 1 is 1.06 bits per heavy atom. The van der Waals surface area contributed by atoms with Crippen LogP contribution in [0.15, 0.2) is 54.6 Å². The first-order valence-electron chi connectivity index (χ1n) is 11.2. The van der Waals surface area contributed by atoms with Crippen LogP contribution in [0, 0.1) is 0 Å². The monoisotopic (exact) mass is 422 g/mol. The van der Waals surface area contributed by atoms with Crippen LogP contribution < -0.4 is 10.7 Å². The molecule has 0 atom stereocenters. The summed E-state index contributed by atoms with van der Waals surface area (Å²) in [6, 6.07) is 19.1. The predicted molar refractivity (Wildman–Crippen MR) is 125 cm³/mol. The summed E-state index contributed by atoms with van der Waals surface area (Å²) < 4.78 is 5.19. The van der Waals surface area contributed by atoms with Crippen LogP contribution in [0.4, 0.5) is 4.79 Å². The maximum absolute atomic E-state index is 12.2. The van der Waals surface area contributed by atoms with E-state index in [-0.39, 0.29) is 16.9 Å². The minimum Gasteiger partial charge on any atom is -0.450 e. The van der Waals surface area contributed by atoms with Crippen molar-refractivity contribution in [1.29, 1.82) is 0 Å². The number of carbonyl (C=O) groups is 1. The molecule has 2 aromatic carbocycles. The highest BCUT2D eigenvalue weighted by Gasteiger charge is 2.44. The van der Waals surface area contributed by atoms with Crippen molar-refractivity contribution >= 4 is 11.9 Å². The van der Waals surface area contributed by atoms with Crippen LogP contribution in [0.1, 0.15) is 57.2 Å². The summed E-state index contributed by atoms with van der Waals surface area (Å²) in [6.45, 7) is 10.8. The van der Waals surface area contributed by atoms with Crippen molar-refractivity contribution in [3.8, 4) is 0 Å². The van der Waals surface area contributed by atoms with Gasteiger partial charge >= 0.3 is 6.09 Å². The molecular formula is C26H36N3O2+. The van der Waals surface area contributed by atoms with Crippen LogP contribution in [0.2, 0.25) is 0 Å². The van der Waals surface area contributed by atoms with Gasteiger partial charge in [0.1, 0.15) is 6.54 Å². The third-order valence-electron chi connectivity index (χ3n) is 6.29. The fourth-order valence-electron chi connectivity index (χ4n) is 4.25. The third kappa shape index (κ3) is 5.27. The van der Waals surface area contributed by atoms with E-state index in [0.29, 0.717) is 26.2 Å². The highest BCUT2D eigenvalue weighted by molar-refractivity contribution is 5.87. The lowest BCUT2D eigenvalue weighted by molar-refractivity contribution is -0.479. The SMILES string of the molecule is CCOC(=O)N1CCC(C(N)=[NH+]Cc2ccc(C(C)(C)C)cc2)(c2ccccc2)CC1. The lowest BCUT2D eigenvalue weighted by atomic mass is 9.71. The Kier molecular flexibility index (Phi) is 7.04. The van der Waals surface area contributed by atoms with Gasteiger partial charge in [0.25, 0.3) is 5.84 Å². The maximum Gasteiger partial charge on any atom is 0.409 e. The van der Waals surface area contributed by atoms with Gasteiger partial charge in [-0.05, 0) is 41.9 Å². The first kappa shape index (κ1) is 22.9. The molecule has 0 spiro atoms. The molecule has 5 heteroatoms. The van der Waals surface area contributed by atoms with Crippen LogP contribution in [0.3, 0.4) is 0 Å². The second-order valence-electron chi connectivity index (χ2n) is 9.35. The quantitative estimate of drug-likeness (QED) is 0.575. The minimum atomic E-state index is -0.310. The lowest BCUT2D eigenvalue weighted by Crippen LogP contribution is -2.79. The number of nitrogens with two attached hydrogens (primary N) is 1. The maximum atomic E-state index is 12.2. The van der Waals surface area contributed by atoms with E-state index in [0.717, 1.165) is 18.7 Å². The van der Waals surface area contributed by atoms with Gasteiger partial charge in [-0.15, -0.1) is 0 Å². The Hall–Kier alpha value is -2.82. The van der Waals surface area contributed by atoms with Gasteiger partial charge in [0.15, 0.2) is 0 Å². The van der Waals surface area contributed by atoms with Crippen molar-refractivity contribution in [1.82, 2.24) is 4.90 Å². The summed E-state index contributed by atoms with van der Waals surface area (Å²) >= 11 is 0. The number of hydrogen-bond acceptors (Lipinski definition) is 2. The molecule has 0 saturated carbocycles. The smallest absolute Gasteiger partial charge is 0.409 e. The topological polar surface area (TPSA) is 69.5 Å². The van der Waals surface area contributed by atoms with E-state index in [1.54, 1.807) is 4.90 Å². The fourth-order valence-corrected chi connectivity index (χ4v) is 4.25. The van der Waals surface area contributed by atoms with Crippen molar-refractivity contribution in [2.75, 3.05) is 19.7 Å². The number of amides is 1. The van der Waals surface area contributed by atoms with E-state index < -0.39 is 0 Å². The molecule has 1 aliphatic rings. The Labute approximate surface area is 186 Å². The molecule has 0 radical (unpaired) electrons.